The zero-order valence-electron chi connectivity index (χ0n) is 15.5. The second kappa shape index (κ2) is 5.49. The molecule has 5 aromatic carbocycles. The summed E-state index contributed by atoms with van der Waals surface area (Å²) in [6, 6.07) is 25.5. The van der Waals surface area contributed by atoms with Crippen molar-refractivity contribution in [3.63, 3.8) is 0 Å². The molecule has 0 bridgehead atoms. The van der Waals surface area contributed by atoms with Crippen LogP contribution in [0.5, 0.6) is 5.75 Å². The highest BCUT2D eigenvalue weighted by molar-refractivity contribution is 6.23. The molecule has 134 valence electrons. The minimum absolute atomic E-state index is 0.159. The molecule has 6 rings (SSSR count). The van der Waals surface area contributed by atoms with E-state index in [0.717, 1.165) is 16.5 Å². The van der Waals surface area contributed by atoms with Crippen molar-refractivity contribution in [1.29, 1.82) is 0 Å². The first kappa shape index (κ1) is 15.5. The van der Waals surface area contributed by atoms with E-state index in [1.807, 2.05) is 18.3 Å². The Morgan fingerprint density at radius 2 is 1.36 bits per heavy atom. The topological polar surface area (TPSA) is 36.0 Å². The molecule has 0 saturated carbocycles. The Morgan fingerprint density at radius 3 is 2.18 bits per heavy atom. The summed E-state index contributed by atoms with van der Waals surface area (Å²) in [5.74, 6) is 0.491. The molecule has 28 heavy (non-hydrogen) atoms. The third kappa shape index (κ3) is 1.97. The lowest BCUT2D eigenvalue weighted by atomic mass is 9.85. The number of hydrogen-bond donors (Lipinski definition) is 2. The highest BCUT2D eigenvalue weighted by atomic mass is 16.3. The van der Waals surface area contributed by atoms with E-state index in [9.17, 15) is 5.11 Å². The summed E-state index contributed by atoms with van der Waals surface area (Å²) in [6.45, 7) is 2.22. The Bertz CT molecular complexity index is 1480. The summed E-state index contributed by atoms with van der Waals surface area (Å²) in [5, 5.41) is 19.2. The van der Waals surface area contributed by atoms with Crippen molar-refractivity contribution >= 4 is 43.2 Å². The molecule has 0 aliphatic rings. The lowest BCUT2D eigenvalue weighted by Gasteiger charge is -2.18. The molecule has 0 aliphatic heterocycles. The summed E-state index contributed by atoms with van der Waals surface area (Å²) in [7, 11) is 0. The summed E-state index contributed by atoms with van der Waals surface area (Å²) >= 11 is 0. The van der Waals surface area contributed by atoms with Gasteiger partial charge in [0.2, 0.25) is 0 Å². The molecule has 2 N–H and O–H groups in total. The summed E-state index contributed by atoms with van der Waals surface area (Å²) in [5.41, 5.74) is 3.39. The number of nitrogens with one attached hydrogen (secondary N) is 1. The van der Waals surface area contributed by atoms with Crippen LogP contribution in [0.15, 0.2) is 79.0 Å². The smallest absolute Gasteiger partial charge is 0.125 e. The minimum Gasteiger partial charge on any atom is -0.507 e. The average molecular weight is 361 g/mol. The summed E-state index contributed by atoms with van der Waals surface area (Å²) < 4.78 is 0. The Kier molecular flexibility index (Phi) is 3.05. The number of hydrogen-bond acceptors (Lipinski definition) is 1. The van der Waals surface area contributed by atoms with Crippen LogP contribution in [-0.2, 0) is 0 Å². The molecule has 2 heteroatoms. The van der Waals surface area contributed by atoms with Gasteiger partial charge < -0.3 is 10.1 Å². The van der Waals surface area contributed by atoms with E-state index in [2.05, 4.69) is 66.5 Å². The maximum atomic E-state index is 10.5. The molecule has 0 amide bonds. The highest BCUT2D eigenvalue weighted by Crippen LogP contribution is 2.41. The number of aromatic amines is 1. The predicted molar refractivity (Wildman–Crippen MR) is 118 cm³/mol. The van der Waals surface area contributed by atoms with E-state index in [4.69, 9.17) is 0 Å². The third-order valence-electron chi connectivity index (χ3n) is 6.21. The van der Waals surface area contributed by atoms with Gasteiger partial charge in [-0.05, 0) is 55.6 Å². The number of aromatic hydroxyl groups is 1. The van der Waals surface area contributed by atoms with Gasteiger partial charge in [0.15, 0.2) is 0 Å². The second-order valence-electron chi connectivity index (χ2n) is 7.68. The van der Waals surface area contributed by atoms with E-state index in [-0.39, 0.29) is 5.92 Å². The first-order valence-corrected chi connectivity index (χ1v) is 9.68. The zero-order valence-corrected chi connectivity index (χ0v) is 15.5. The summed E-state index contributed by atoms with van der Waals surface area (Å²) in [4.78, 5) is 3.32. The van der Waals surface area contributed by atoms with Crippen molar-refractivity contribution in [2.45, 2.75) is 12.8 Å². The first-order chi connectivity index (χ1) is 13.7. The van der Waals surface area contributed by atoms with Gasteiger partial charge in [0.1, 0.15) is 5.75 Å². The van der Waals surface area contributed by atoms with Crippen molar-refractivity contribution in [2.75, 3.05) is 0 Å². The number of benzene rings is 5. The fourth-order valence-corrected chi connectivity index (χ4v) is 4.84. The lowest BCUT2D eigenvalue weighted by molar-refractivity contribution is 0.481. The van der Waals surface area contributed by atoms with Crippen LogP contribution in [0.2, 0.25) is 0 Å². The van der Waals surface area contributed by atoms with Gasteiger partial charge >= 0.3 is 0 Å². The first-order valence-electron chi connectivity index (χ1n) is 9.68. The Hall–Kier alpha value is -3.52. The van der Waals surface area contributed by atoms with Crippen LogP contribution < -0.4 is 0 Å². The van der Waals surface area contributed by atoms with Gasteiger partial charge in [-0.25, -0.2) is 0 Å². The molecule has 2 nitrogen and oxygen atoms in total. The van der Waals surface area contributed by atoms with Gasteiger partial charge in [0.05, 0.1) is 0 Å². The molecule has 0 spiro atoms. The van der Waals surface area contributed by atoms with Gasteiger partial charge in [-0.2, -0.15) is 0 Å². The van der Waals surface area contributed by atoms with E-state index in [1.54, 1.807) is 6.07 Å². The van der Waals surface area contributed by atoms with E-state index < -0.39 is 0 Å². The van der Waals surface area contributed by atoms with E-state index in [1.165, 1.54) is 37.9 Å². The number of H-pyrrole nitrogens is 1. The van der Waals surface area contributed by atoms with Gasteiger partial charge in [0.25, 0.3) is 0 Å². The number of phenols is 1. The second-order valence-corrected chi connectivity index (χ2v) is 7.68. The van der Waals surface area contributed by atoms with Crippen LogP contribution in [0.3, 0.4) is 0 Å². The fraction of sp³-hybridized carbons (Fsp3) is 0.0769. The molecule has 0 saturated heterocycles. The largest absolute Gasteiger partial charge is 0.507 e. The van der Waals surface area contributed by atoms with Crippen molar-refractivity contribution in [3.8, 4) is 5.75 Å². The molecule has 1 atom stereocenters. The van der Waals surface area contributed by atoms with E-state index in [0.29, 0.717) is 5.75 Å². The van der Waals surface area contributed by atoms with Crippen molar-refractivity contribution < 1.29 is 5.11 Å². The molecule has 0 aliphatic carbocycles. The van der Waals surface area contributed by atoms with Crippen LogP contribution in [0.1, 0.15) is 24.0 Å². The van der Waals surface area contributed by atoms with Crippen LogP contribution in [-0.4, -0.2) is 10.1 Å². The van der Waals surface area contributed by atoms with Crippen molar-refractivity contribution in [2.24, 2.45) is 0 Å². The normalized spacial score (nSPS) is 13.2. The molecule has 1 aromatic heterocycles. The quantitative estimate of drug-likeness (QED) is 0.323. The third-order valence-corrected chi connectivity index (χ3v) is 6.21. The Morgan fingerprint density at radius 1 is 0.679 bits per heavy atom. The van der Waals surface area contributed by atoms with E-state index >= 15 is 0 Å². The number of rotatable bonds is 2. The predicted octanol–water partition coefficient (Wildman–Crippen LogP) is 6.92. The summed E-state index contributed by atoms with van der Waals surface area (Å²) in [6.07, 6.45) is 2.03. The molecular weight excluding hydrogens is 342 g/mol. The van der Waals surface area contributed by atoms with Gasteiger partial charge in [-0.15, -0.1) is 0 Å². The molecule has 1 heterocycles. The Balaban J connectivity index is 1.68. The van der Waals surface area contributed by atoms with Crippen LogP contribution in [0.4, 0.5) is 0 Å². The molecular formula is C26H19NO. The minimum atomic E-state index is 0.159. The monoisotopic (exact) mass is 361 g/mol. The average Bonchev–Trinajstić information content (AvgIpc) is 3.17. The number of phenolic OH excluding ortho intramolecular Hbond substituents is 1. The zero-order chi connectivity index (χ0) is 18.8. The standard InChI is InChI=1S/C26H19NO/c1-15(21-14-27-22-6-3-7-23(28)26(21)22)19-12-10-18-9-8-16-4-2-5-17-11-13-20(19)25(18)24(16)17/h2-15,27-28H,1H3. The fourth-order valence-electron chi connectivity index (χ4n) is 4.84. The molecule has 6 aromatic rings. The van der Waals surface area contributed by atoms with Crippen molar-refractivity contribution in [1.82, 2.24) is 4.98 Å². The maximum absolute atomic E-state index is 10.5. The molecule has 0 fully saturated rings. The van der Waals surface area contributed by atoms with Crippen molar-refractivity contribution in [3.05, 3.63) is 90.1 Å². The van der Waals surface area contributed by atoms with Crippen LogP contribution in [0, 0.1) is 0 Å². The van der Waals surface area contributed by atoms with Gasteiger partial charge in [-0.1, -0.05) is 67.6 Å². The molecule has 0 radical (unpaired) electrons. The lowest BCUT2D eigenvalue weighted by Crippen LogP contribution is -1.97. The van der Waals surface area contributed by atoms with Gasteiger partial charge in [-0.3, -0.25) is 0 Å². The molecule has 1 unspecified atom stereocenters. The van der Waals surface area contributed by atoms with Gasteiger partial charge in [0, 0.05) is 23.0 Å². The SMILES string of the molecule is CC(c1ccc2ccc3cccc4ccc1c2c34)c1c[nH]c2cccc(O)c12. The number of fused-ring (bicyclic) bond motifs is 1. The number of aromatic nitrogens is 1. The Labute approximate surface area is 162 Å². The highest BCUT2D eigenvalue weighted by Gasteiger charge is 2.19. The maximum Gasteiger partial charge on any atom is 0.125 e. The van der Waals surface area contributed by atoms with Crippen LogP contribution >= 0.6 is 0 Å². The van der Waals surface area contributed by atoms with Crippen LogP contribution in [0.25, 0.3) is 43.2 Å².